The van der Waals surface area contributed by atoms with Gasteiger partial charge in [0.2, 0.25) is 0 Å². The van der Waals surface area contributed by atoms with E-state index >= 15 is 0 Å². The number of esters is 1. The Bertz CT molecular complexity index is 261. The molecule has 0 aromatic carbocycles. The summed E-state index contributed by atoms with van der Waals surface area (Å²) in [5, 5.41) is 0. The number of ketones is 1. The van der Waals surface area contributed by atoms with Crippen molar-refractivity contribution >= 4 is 11.8 Å². The molecule has 0 bridgehead atoms. The minimum absolute atomic E-state index is 0.103. The molecule has 15 heavy (non-hydrogen) atoms. The van der Waals surface area contributed by atoms with E-state index in [9.17, 15) is 9.59 Å². The van der Waals surface area contributed by atoms with Crippen LogP contribution in [-0.2, 0) is 19.1 Å². The topological polar surface area (TPSA) is 52.6 Å². The number of ether oxygens (including phenoxy) is 2. The standard InChI is InChI=1S/C11H18O4/c1-4-11(8(3)12)6-9(7-14-5-2)15-10(11)13/h9H,4-7H2,1-3H3. The van der Waals surface area contributed by atoms with E-state index in [2.05, 4.69) is 0 Å². The van der Waals surface area contributed by atoms with Gasteiger partial charge in [0, 0.05) is 13.0 Å². The average molecular weight is 214 g/mol. The Balaban J connectivity index is 2.69. The molecule has 1 aliphatic heterocycles. The SMILES string of the molecule is CCOCC1CC(CC)(C(C)=O)C(=O)O1. The average Bonchev–Trinajstić information content (AvgIpc) is 2.53. The molecule has 2 atom stereocenters. The van der Waals surface area contributed by atoms with Gasteiger partial charge in [0.1, 0.15) is 17.3 Å². The summed E-state index contributed by atoms with van der Waals surface area (Å²) in [6.07, 6.45) is 0.697. The Morgan fingerprint density at radius 1 is 1.60 bits per heavy atom. The van der Waals surface area contributed by atoms with Crippen LogP contribution >= 0.6 is 0 Å². The Hall–Kier alpha value is -0.900. The van der Waals surface area contributed by atoms with Crippen molar-refractivity contribution in [1.82, 2.24) is 0 Å². The van der Waals surface area contributed by atoms with E-state index in [0.717, 1.165) is 0 Å². The van der Waals surface area contributed by atoms with Crippen LogP contribution in [-0.4, -0.2) is 31.1 Å². The third-order valence-electron chi connectivity index (χ3n) is 3.03. The third kappa shape index (κ3) is 2.20. The molecule has 0 radical (unpaired) electrons. The zero-order valence-electron chi connectivity index (χ0n) is 9.54. The van der Waals surface area contributed by atoms with Crippen LogP contribution in [0.5, 0.6) is 0 Å². The van der Waals surface area contributed by atoms with Crippen molar-refractivity contribution < 1.29 is 19.1 Å². The number of hydrogen-bond acceptors (Lipinski definition) is 4. The second-order valence-corrected chi connectivity index (χ2v) is 3.88. The van der Waals surface area contributed by atoms with Crippen LogP contribution in [0, 0.1) is 5.41 Å². The molecule has 1 heterocycles. The minimum atomic E-state index is -0.915. The molecule has 0 aromatic rings. The smallest absolute Gasteiger partial charge is 0.320 e. The van der Waals surface area contributed by atoms with E-state index in [1.54, 1.807) is 0 Å². The summed E-state index contributed by atoms with van der Waals surface area (Å²) in [5.41, 5.74) is -0.915. The molecule has 2 unspecified atom stereocenters. The third-order valence-corrected chi connectivity index (χ3v) is 3.03. The summed E-state index contributed by atoms with van der Waals surface area (Å²) in [4.78, 5) is 23.1. The van der Waals surface area contributed by atoms with Crippen LogP contribution in [0.4, 0.5) is 0 Å². The Morgan fingerprint density at radius 3 is 2.67 bits per heavy atom. The molecule has 0 amide bonds. The summed E-state index contributed by atoms with van der Waals surface area (Å²) in [5.74, 6) is -0.490. The van der Waals surface area contributed by atoms with Gasteiger partial charge >= 0.3 is 5.97 Å². The molecule has 0 N–H and O–H groups in total. The first-order chi connectivity index (χ1) is 7.06. The van der Waals surface area contributed by atoms with E-state index in [4.69, 9.17) is 9.47 Å². The lowest BCUT2D eigenvalue weighted by Gasteiger charge is -2.18. The van der Waals surface area contributed by atoms with Gasteiger partial charge in [-0.2, -0.15) is 0 Å². The van der Waals surface area contributed by atoms with Gasteiger partial charge in [-0.1, -0.05) is 6.92 Å². The second kappa shape index (κ2) is 4.75. The highest BCUT2D eigenvalue weighted by atomic mass is 16.6. The summed E-state index contributed by atoms with van der Waals surface area (Å²) in [6, 6.07) is 0. The van der Waals surface area contributed by atoms with Crippen LogP contribution in [0.3, 0.4) is 0 Å². The molecule has 1 fully saturated rings. The van der Waals surface area contributed by atoms with Gasteiger partial charge < -0.3 is 9.47 Å². The van der Waals surface area contributed by atoms with Crippen LogP contribution in [0.2, 0.25) is 0 Å². The minimum Gasteiger partial charge on any atom is -0.459 e. The van der Waals surface area contributed by atoms with Gasteiger partial charge in [0.05, 0.1) is 6.61 Å². The summed E-state index contributed by atoms with van der Waals surface area (Å²) in [7, 11) is 0. The molecule has 1 saturated heterocycles. The molecule has 0 aromatic heterocycles. The van der Waals surface area contributed by atoms with Gasteiger partial charge in [-0.05, 0) is 20.3 Å². The number of cyclic esters (lactones) is 1. The molecule has 0 saturated carbocycles. The number of carbonyl (C=O) groups excluding carboxylic acids is 2. The Labute approximate surface area is 89.9 Å². The first-order valence-corrected chi connectivity index (χ1v) is 5.36. The van der Waals surface area contributed by atoms with E-state index in [1.807, 2.05) is 13.8 Å². The maximum Gasteiger partial charge on any atom is 0.320 e. The van der Waals surface area contributed by atoms with E-state index in [1.165, 1.54) is 6.92 Å². The van der Waals surface area contributed by atoms with Crippen LogP contribution in [0.25, 0.3) is 0 Å². The number of carbonyl (C=O) groups is 2. The van der Waals surface area contributed by atoms with Crippen molar-refractivity contribution in [3.05, 3.63) is 0 Å². The largest absolute Gasteiger partial charge is 0.459 e. The molecular formula is C11H18O4. The molecule has 1 aliphatic rings. The quantitative estimate of drug-likeness (QED) is 0.511. The van der Waals surface area contributed by atoms with Crippen molar-refractivity contribution in [2.75, 3.05) is 13.2 Å². The molecule has 1 rings (SSSR count). The number of hydrogen-bond donors (Lipinski definition) is 0. The zero-order chi connectivity index (χ0) is 11.5. The van der Waals surface area contributed by atoms with E-state index in [-0.39, 0.29) is 17.9 Å². The van der Waals surface area contributed by atoms with Gasteiger partial charge in [0.15, 0.2) is 0 Å². The fourth-order valence-electron chi connectivity index (χ4n) is 1.95. The van der Waals surface area contributed by atoms with Gasteiger partial charge in [0.25, 0.3) is 0 Å². The van der Waals surface area contributed by atoms with Crippen molar-refractivity contribution in [3.63, 3.8) is 0 Å². The van der Waals surface area contributed by atoms with Crippen LogP contribution in [0.15, 0.2) is 0 Å². The highest BCUT2D eigenvalue weighted by Gasteiger charge is 2.51. The van der Waals surface area contributed by atoms with Crippen LogP contribution in [0.1, 0.15) is 33.6 Å². The van der Waals surface area contributed by atoms with Crippen molar-refractivity contribution in [3.8, 4) is 0 Å². The van der Waals surface area contributed by atoms with Gasteiger partial charge in [-0.15, -0.1) is 0 Å². The molecule has 0 aliphatic carbocycles. The second-order valence-electron chi connectivity index (χ2n) is 3.88. The first-order valence-electron chi connectivity index (χ1n) is 5.36. The number of Topliss-reactive ketones (excluding diaryl/α,β-unsaturated/α-hetero) is 1. The maximum absolute atomic E-state index is 11.6. The predicted octanol–water partition coefficient (Wildman–Crippen LogP) is 1.32. The lowest BCUT2D eigenvalue weighted by atomic mass is 9.79. The normalized spacial score (nSPS) is 30.3. The molecular weight excluding hydrogens is 196 g/mol. The molecule has 4 nitrogen and oxygen atoms in total. The maximum atomic E-state index is 11.6. The Morgan fingerprint density at radius 2 is 2.27 bits per heavy atom. The lowest BCUT2D eigenvalue weighted by Crippen LogP contribution is -2.33. The summed E-state index contributed by atoms with van der Waals surface area (Å²) in [6.45, 7) is 6.15. The summed E-state index contributed by atoms with van der Waals surface area (Å²) >= 11 is 0. The van der Waals surface area contributed by atoms with E-state index < -0.39 is 5.41 Å². The molecule has 86 valence electrons. The van der Waals surface area contributed by atoms with Gasteiger partial charge in [-0.25, -0.2) is 0 Å². The van der Waals surface area contributed by atoms with Gasteiger partial charge in [-0.3, -0.25) is 9.59 Å². The molecule has 4 heteroatoms. The number of rotatable bonds is 5. The summed E-state index contributed by atoms with van der Waals surface area (Å²) < 4.78 is 10.3. The van der Waals surface area contributed by atoms with Crippen molar-refractivity contribution in [2.45, 2.75) is 39.7 Å². The highest BCUT2D eigenvalue weighted by Crippen LogP contribution is 2.38. The Kier molecular flexibility index (Phi) is 3.85. The van der Waals surface area contributed by atoms with Crippen molar-refractivity contribution in [1.29, 1.82) is 0 Å². The fourth-order valence-corrected chi connectivity index (χ4v) is 1.95. The fraction of sp³-hybridized carbons (Fsp3) is 0.818. The van der Waals surface area contributed by atoms with Crippen LogP contribution < -0.4 is 0 Å². The molecule has 0 spiro atoms. The first kappa shape index (κ1) is 12.2. The zero-order valence-corrected chi connectivity index (χ0v) is 9.54. The predicted molar refractivity (Wildman–Crippen MR) is 54.4 cm³/mol. The van der Waals surface area contributed by atoms with Crippen molar-refractivity contribution in [2.24, 2.45) is 5.41 Å². The lowest BCUT2D eigenvalue weighted by molar-refractivity contribution is -0.153. The van der Waals surface area contributed by atoms with E-state index in [0.29, 0.717) is 26.1 Å². The highest BCUT2D eigenvalue weighted by molar-refractivity contribution is 6.03. The monoisotopic (exact) mass is 214 g/mol.